The summed E-state index contributed by atoms with van der Waals surface area (Å²) in [5, 5.41) is 4.34. The van der Waals surface area contributed by atoms with E-state index >= 15 is 0 Å². The van der Waals surface area contributed by atoms with Crippen molar-refractivity contribution in [3.05, 3.63) is 58.1 Å². The third-order valence-electron chi connectivity index (χ3n) is 4.87. The smallest absolute Gasteiger partial charge is 0.193 e. The first-order valence-electron chi connectivity index (χ1n) is 8.77. The van der Waals surface area contributed by atoms with Gasteiger partial charge in [-0.15, -0.1) is 0 Å². The van der Waals surface area contributed by atoms with E-state index in [-0.39, 0.29) is 5.41 Å². The molecule has 0 saturated carbocycles. The number of nitrogens with one attached hydrogen (secondary N) is 1. The molecular formula is C20H23Cl2N3O2. The van der Waals surface area contributed by atoms with E-state index in [2.05, 4.69) is 16.4 Å². The van der Waals surface area contributed by atoms with E-state index in [9.17, 15) is 0 Å². The van der Waals surface area contributed by atoms with Crippen LogP contribution in [0.2, 0.25) is 10.0 Å². The van der Waals surface area contributed by atoms with Crippen molar-refractivity contribution in [2.24, 2.45) is 10.7 Å². The first kappa shape index (κ1) is 19.8. The van der Waals surface area contributed by atoms with Crippen molar-refractivity contribution in [2.75, 3.05) is 32.2 Å². The molecule has 0 amide bonds. The second kappa shape index (κ2) is 8.83. The fraction of sp³-hybridized carbons (Fsp3) is 0.350. The Morgan fingerprint density at radius 3 is 2.59 bits per heavy atom. The lowest BCUT2D eigenvalue weighted by Crippen LogP contribution is -2.38. The predicted molar refractivity (Wildman–Crippen MR) is 111 cm³/mol. The maximum atomic E-state index is 6.48. The van der Waals surface area contributed by atoms with Crippen molar-refractivity contribution in [2.45, 2.75) is 18.3 Å². The number of anilines is 1. The molecule has 0 aromatic heterocycles. The highest BCUT2D eigenvalue weighted by molar-refractivity contribution is 6.32. The molecule has 1 heterocycles. The van der Waals surface area contributed by atoms with Crippen molar-refractivity contribution >= 4 is 34.8 Å². The normalized spacial score (nSPS) is 16.8. The lowest BCUT2D eigenvalue weighted by molar-refractivity contribution is 0.0532. The average Bonchev–Trinajstić information content (AvgIpc) is 2.68. The van der Waals surface area contributed by atoms with Crippen molar-refractivity contribution in [1.29, 1.82) is 0 Å². The Bertz CT molecular complexity index is 821. The summed E-state index contributed by atoms with van der Waals surface area (Å²) in [5.74, 6) is 0.937. The third kappa shape index (κ3) is 4.67. The molecule has 7 heteroatoms. The standard InChI is InChI=1S/C20H23Cl2N3O2/c1-26-18-7-6-14(12-17(18)22)25-19(23)24-13-20(8-10-27-11-9-20)15-4-2-3-5-16(15)21/h2-7,12H,8-11,13H2,1H3,(H3,23,24,25). The van der Waals surface area contributed by atoms with Gasteiger partial charge in [0.1, 0.15) is 5.75 Å². The molecule has 144 valence electrons. The van der Waals surface area contributed by atoms with Crippen LogP contribution in [-0.4, -0.2) is 32.8 Å². The molecule has 0 spiro atoms. The van der Waals surface area contributed by atoms with Crippen molar-refractivity contribution < 1.29 is 9.47 Å². The molecule has 0 bridgehead atoms. The summed E-state index contributed by atoms with van der Waals surface area (Å²) in [6.45, 7) is 1.90. The lowest BCUT2D eigenvalue weighted by atomic mass is 9.74. The zero-order valence-electron chi connectivity index (χ0n) is 15.2. The van der Waals surface area contributed by atoms with E-state index in [1.807, 2.05) is 24.3 Å². The zero-order chi connectivity index (χ0) is 19.3. The van der Waals surface area contributed by atoms with Gasteiger partial charge in [-0.05, 0) is 42.7 Å². The summed E-state index contributed by atoms with van der Waals surface area (Å²) in [6, 6.07) is 13.3. The largest absolute Gasteiger partial charge is 0.495 e. The van der Waals surface area contributed by atoms with E-state index in [0.29, 0.717) is 36.5 Å². The van der Waals surface area contributed by atoms with Gasteiger partial charge in [-0.1, -0.05) is 41.4 Å². The molecular weight excluding hydrogens is 385 g/mol. The van der Waals surface area contributed by atoms with E-state index in [1.54, 1.807) is 19.2 Å². The Balaban J connectivity index is 1.78. The highest BCUT2D eigenvalue weighted by atomic mass is 35.5. The number of nitrogens with two attached hydrogens (primary N) is 1. The Kier molecular flexibility index (Phi) is 6.47. The second-order valence-corrected chi connectivity index (χ2v) is 7.36. The lowest BCUT2D eigenvalue weighted by Gasteiger charge is -2.37. The Morgan fingerprint density at radius 2 is 1.93 bits per heavy atom. The summed E-state index contributed by atoms with van der Waals surface area (Å²) >= 11 is 12.6. The summed E-state index contributed by atoms with van der Waals surface area (Å²) in [5.41, 5.74) is 7.79. The monoisotopic (exact) mass is 407 g/mol. The minimum Gasteiger partial charge on any atom is -0.495 e. The third-order valence-corrected chi connectivity index (χ3v) is 5.50. The van der Waals surface area contributed by atoms with Gasteiger partial charge in [-0.3, -0.25) is 4.99 Å². The number of aliphatic imine (C=N–C) groups is 1. The van der Waals surface area contributed by atoms with Crippen LogP contribution < -0.4 is 15.8 Å². The van der Waals surface area contributed by atoms with Gasteiger partial charge in [0.2, 0.25) is 0 Å². The first-order valence-corrected chi connectivity index (χ1v) is 9.53. The molecule has 1 aliphatic heterocycles. The number of rotatable bonds is 5. The molecule has 2 aromatic carbocycles. The van der Waals surface area contributed by atoms with Crippen LogP contribution in [0.3, 0.4) is 0 Å². The topological polar surface area (TPSA) is 68.9 Å². The molecule has 0 atom stereocenters. The van der Waals surface area contributed by atoms with Gasteiger partial charge >= 0.3 is 0 Å². The highest BCUT2D eigenvalue weighted by Crippen LogP contribution is 2.39. The van der Waals surface area contributed by atoms with E-state index in [4.69, 9.17) is 38.4 Å². The fourth-order valence-electron chi connectivity index (χ4n) is 3.33. The number of nitrogens with zero attached hydrogens (tertiary/aromatic N) is 1. The zero-order valence-corrected chi connectivity index (χ0v) is 16.7. The average molecular weight is 408 g/mol. The Morgan fingerprint density at radius 1 is 1.19 bits per heavy atom. The molecule has 0 unspecified atom stereocenters. The predicted octanol–water partition coefficient (Wildman–Crippen LogP) is 4.48. The summed E-state index contributed by atoms with van der Waals surface area (Å²) < 4.78 is 10.7. The summed E-state index contributed by atoms with van der Waals surface area (Å²) in [4.78, 5) is 4.60. The molecule has 0 aliphatic carbocycles. The van der Waals surface area contributed by atoms with Crippen LogP contribution in [0.15, 0.2) is 47.5 Å². The van der Waals surface area contributed by atoms with E-state index in [0.717, 1.165) is 29.1 Å². The fourth-order valence-corrected chi connectivity index (χ4v) is 3.93. The van der Waals surface area contributed by atoms with Crippen LogP contribution in [0.1, 0.15) is 18.4 Å². The molecule has 5 nitrogen and oxygen atoms in total. The number of ether oxygens (including phenoxy) is 2. The Hall–Kier alpha value is -1.95. The van der Waals surface area contributed by atoms with Gasteiger partial charge in [0.05, 0.1) is 18.7 Å². The minimum atomic E-state index is -0.180. The van der Waals surface area contributed by atoms with Crippen LogP contribution in [-0.2, 0) is 10.2 Å². The number of halogens is 2. The van der Waals surface area contributed by atoms with Gasteiger partial charge in [-0.2, -0.15) is 0 Å². The maximum absolute atomic E-state index is 6.48. The summed E-state index contributed by atoms with van der Waals surface area (Å²) in [6.07, 6.45) is 1.70. The molecule has 2 aromatic rings. The minimum absolute atomic E-state index is 0.180. The number of hydrogen-bond acceptors (Lipinski definition) is 3. The molecule has 27 heavy (non-hydrogen) atoms. The van der Waals surface area contributed by atoms with Crippen molar-refractivity contribution in [1.82, 2.24) is 0 Å². The van der Waals surface area contributed by atoms with Crippen molar-refractivity contribution in [3.8, 4) is 5.75 Å². The van der Waals surface area contributed by atoms with Gasteiger partial charge in [-0.25, -0.2) is 0 Å². The van der Waals surface area contributed by atoms with Gasteiger partial charge < -0.3 is 20.5 Å². The number of methoxy groups -OCH3 is 1. The molecule has 1 aliphatic rings. The highest BCUT2D eigenvalue weighted by Gasteiger charge is 2.36. The van der Waals surface area contributed by atoms with Gasteiger partial charge in [0.15, 0.2) is 5.96 Å². The van der Waals surface area contributed by atoms with Gasteiger partial charge in [0, 0.05) is 29.3 Å². The molecule has 3 rings (SSSR count). The summed E-state index contributed by atoms with van der Waals surface area (Å²) in [7, 11) is 1.58. The Labute approximate surface area is 169 Å². The van der Waals surface area contributed by atoms with Crippen LogP contribution in [0.4, 0.5) is 5.69 Å². The number of guanidine groups is 1. The van der Waals surface area contributed by atoms with Crippen LogP contribution in [0, 0.1) is 0 Å². The first-order chi connectivity index (χ1) is 13.0. The van der Waals surface area contributed by atoms with Crippen molar-refractivity contribution in [3.63, 3.8) is 0 Å². The number of benzene rings is 2. The number of hydrogen-bond donors (Lipinski definition) is 2. The molecule has 3 N–H and O–H groups in total. The van der Waals surface area contributed by atoms with Gasteiger partial charge in [0.25, 0.3) is 0 Å². The van der Waals surface area contributed by atoms with Crippen LogP contribution in [0.5, 0.6) is 5.75 Å². The van der Waals surface area contributed by atoms with Crippen LogP contribution >= 0.6 is 23.2 Å². The molecule has 1 saturated heterocycles. The van der Waals surface area contributed by atoms with Crippen LogP contribution in [0.25, 0.3) is 0 Å². The van der Waals surface area contributed by atoms with E-state index in [1.165, 1.54) is 0 Å². The second-order valence-electron chi connectivity index (χ2n) is 6.55. The SMILES string of the molecule is COc1ccc(NC(N)=NCC2(c3ccccc3Cl)CCOCC2)cc1Cl. The van der Waals surface area contributed by atoms with E-state index < -0.39 is 0 Å². The molecule has 0 radical (unpaired) electrons. The quantitative estimate of drug-likeness (QED) is 0.566. The maximum Gasteiger partial charge on any atom is 0.193 e. The molecule has 1 fully saturated rings.